The number of benzene rings is 1. The molecule has 0 fully saturated rings. The number of rotatable bonds is 9. The predicted molar refractivity (Wildman–Crippen MR) is 77.3 cm³/mol. The van der Waals surface area contributed by atoms with Crippen molar-refractivity contribution in [2.24, 2.45) is 0 Å². The van der Waals surface area contributed by atoms with Gasteiger partial charge in [0.1, 0.15) is 5.75 Å². The molecule has 102 valence electrons. The highest BCUT2D eigenvalue weighted by Gasteiger charge is 1.94. The van der Waals surface area contributed by atoms with Crippen LogP contribution in [0, 0.1) is 6.92 Å². The zero-order chi connectivity index (χ0) is 13.2. The Bertz CT molecular complexity index is 326. The summed E-state index contributed by atoms with van der Waals surface area (Å²) < 4.78 is 5.70. The topological polar surface area (TPSA) is 24.5 Å². The van der Waals surface area contributed by atoms with Crippen LogP contribution in [0.15, 0.2) is 24.3 Å². The maximum Gasteiger partial charge on any atom is 0.119 e. The minimum atomic E-state index is 0.804. The van der Waals surface area contributed by atoms with Crippen LogP contribution < -0.4 is 10.1 Å². The number of nitrogens with zero attached hydrogens (tertiary/aromatic N) is 1. The fourth-order valence-electron chi connectivity index (χ4n) is 1.67. The van der Waals surface area contributed by atoms with Crippen LogP contribution in [0.25, 0.3) is 0 Å². The highest BCUT2D eigenvalue weighted by molar-refractivity contribution is 5.27. The standard InChI is InChI=1S/C15H26N2O/c1-14-7-6-8-15(13-14)18-12-5-4-9-16-10-11-17(2)3/h6-8,13,16H,4-5,9-12H2,1-3H3. The van der Waals surface area contributed by atoms with E-state index in [1.165, 1.54) is 12.0 Å². The Morgan fingerprint density at radius 2 is 2.00 bits per heavy atom. The van der Waals surface area contributed by atoms with Crippen LogP contribution in [-0.4, -0.2) is 45.2 Å². The Hall–Kier alpha value is -1.06. The molecule has 0 bridgehead atoms. The molecule has 0 aliphatic carbocycles. The van der Waals surface area contributed by atoms with Crippen molar-refractivity contribution >= 4 is 0 Å². The molecule has 0 radical (unpaired) electrons. The summed E-state index contributed by atoms with van der Waals surface area (Å²) >= 11 is 0. The van der Waals surface area contributed by atoms with E-state index in [0.717, 1.165) is 38.4 Å². The van der Waals surface area contributed by atoms with Crippen molar-refractivity contribution in [3.8, 4) is 5.75 Å². The third kappa shape index (κ3) is 7.30. The van der Waals surface area contributed by atoms with Gasteiger partial charge >= 0.3 is 0 Å². The molecule has 3 heteroatoms. The first kappa shape index (κ1) is 15.0. The van der Waals surface area contributed by atoms with Gasteiger partial charge in [0.25, 0.3) is 0 Å². The average Bonchev–Trinajstić information content (AvgIpc) is 2.32. The van der Waals surface area contributed by atoms with E-state index >= 15 is 0 Å². The highest BCUT2D eigenvalue weighted by Crippen LogP contribution is 2.12. The molecule has 0 aliphatic heterocycles. The van der Waals surface area contributed by atoms with Crippen LogP contribution >= 0.6 is 0 Å². The molecule has 1 rings (SSSR count). The Labute approximate surface area is 111 Å². The van der Waals surface area contributed by atoms with Crippen LogP contribution in [0.3, 0.4) is 0 Å². The summed E-state index contributed by atoms with van der Waals surface area (Å²) in [6.07, 6.45) is 2.27. The lowest BCUT2D eigenvalue weighted by atomic mass is 10.2. The van der Waals surface area contributed by atoms with Gasteiger partial charge in [-0.15, -0.1) is 0 Å². The molecule has 1 aromatic rings. The number of hydrogen-bond acceptors (Lipinski definition) is 3. The van der Waals surface area contributed by atoms with Crippen molar-refractivity contribution < 1.29 is 4.74 Å². The zero-order valence-electron chi connectivity index (χ0n) is 11.9. The molecular formula is C15H26N2O. The zero-order valence-corrected chi connectivity index (χ0v) is 11.9. The molecule has 0 unspecified atom stereocenters. The number of likely N-dealkylation sites (N-methyl/N-ethyl adjacent to an activating group) is 1. The minimum Gasteiger partial charge on any atom is -0.494 e. The van der Waals surface area contributed by atoms with Gasteiger partial charge in [-0.05, 0) is 58.1 Å². The van der Waals surface area contributed by atoms with Crippen LogP contribution in [0.1, 0.15) is 18.4 Å². The Kier molecular flexibility index (Phi) is 7.46. The van der Waals surface area contributed by atoms with Gasteiger partial charge in [0.15, 0.2) is 0 Å². The molecule has 0 heterocycles. The SMILES string of the molecule is Cc1cccc(OCCCCNCCN(C)C)c1. The van der Waals surface area contributed by atoms with Gasteiger partial charge in [0.05, 0.1) is 6.61 Å². The normalized spacial score (nSPS) is 10.9. The number of ether oxygens (including phenoxy) is 1. The summed E-state index contributed by atoms with van der Waals surface area (Å²) in [7, 11) is 4.19. The third-order valence-corrected chi connectivity index (χ3v) is 2.74. The van der Waals surface area contributed by atoms with Crippen molar-refractivity contribution in [1.82, 2.24) is 10.2 Å². The van der Waals surface area contributed by atoms with Gasteiger partial charge in [-0.3, -0.25) is 0 Å². The highest BCUT2D eigenvalue weighted by atomic mass is 16.5. The summed E-state index contributed by atoms with van der Waals surface area (Å²) in [5.41, 5.74) is 1.25. The van der Waals surface area contributed by atoms with E-state index in [1.54, 1.807) is 0 Å². The van der Waals surface area contributed by atoms with Crippen LogP contribution in [0.2, 0.25) is 0 Å². The first-order valence-corrected chi connectivity index (χ1v) is 6.73. The first-order chi connectivity index (χ1) is 8.68. The molecule has 1 N–H and O–H groups in total. The Balaban J connectivity index is 1.96. The van der Waals surface area contributed by atoms with E-state index < -0.39 is 0 Å². The van der Waals surface area contributed by atoms with Gasteiger partial charge in [-0.25, -0.2) is 0 Å². The molecular weight excluding hydrogens is 224 g/mol. The van der Waals surface area contributed by atoms with E-state index in [9.17, 15) is 0 Å². The second-order valence-electron chi connectivity index (χ2n) is 4.93. The Morgan fingerprint density at radius 1 is 1.17 bits per heavy atom. The molecule has 18 heavy (non-hydrogen) atoms. The molecule has 0 atom stereocenters. The fraction of sp³-hybridized carbons (Fsp3) is 0.600. The molecule has 0 amide bonds. The molecule has 1 aromatic carbocycles. The molecule has 3 nitrogen and oxygen atoms in total. The predicted octanol–water partition coefficient (Wildman–Crippen LogP) is 2.31. The van der Waals surface area contributed by atoms with E-state index in [2.05, 4.69) is 43.4 Å². The maximum absolute atomic E-state index is 5.70. The third-order valence-electron chi connectivity index (χ3n) is 2.74. The quantitative estimate of drug-likeness (QED) is 0.681. The number of nitrogens with one attached hydrogen (secondary N) is 1. The lowest BCUT2D eigenvalue weighted by molar-refractivity contribution is 0.305. The number of aryl methyl sites for hydroxylation is 1. The van der Waals surface area contributed by atoms with Gasteiger partial charge in [0, 0.05) is 13.1 Å². The second-order valence-corrected chi connectivity index (χ2v) is 4.93. The Morgan fingerprint density at radius 3 is 2.72 bits per heavy atom. The average molecular weight is 250 g/mol. The van der Waals surface area contributed by atoms with Crippen molar-refractivity contribution in [2.75, 3.05) is 40.3 Å². The van der Waals surface area contributed by atoms with Crippen molar-refractivity contribution in [3.05, 3.63) is 29.8 Å². The van der Waals surface area contributed by atoms with Crippen LogP contribution in [0.5, 0.6) is 5.75 Å². The summed E-state index contributed by atoms with van der Waals surface area (Å²) in [6, 6.07) is 8.21. The van der Waals surface area contributed by atoms with Gasteiger partial charge in [0.2, 0.25) is 0 Å². The van der Waals surface area contributed by atoms with Gasteiger partial charge in [-0.1, -0.05) is 12.1 Å². The lowest BCUT2D eigenvalue weighted by Crippen LogP contribution is -2.27. The van der Waals surface area contributed by atoms with E-state index in [1.807, 2.05) is 12.1 Å². The molecule has 0 spiro atoms. The molecule has 0 aromatic heterocycles. The van der Waals surface area contributed by atoms with Crippen LogP contribution in [0.4, 0.5) is 0 Å². The minimum absolute atomic E-state index is 0.804. The summed E-state index contributed by atoms with van der Waals surface area (Å²) in [5.74, 6) is 0.982. The lowest BCUT2D eigenvalue weighted by Gasteiger charge is -2.10. The first-order valence-electron chi connectivity index (χ1n) is 6.73. The van der Waals surface area contributed by atoms with E-state index in [0.29, 0.717) is 0 Å². The monoisotopic (exact) mass is 250 g/mol. The number of hydrogen-bond donors (Lipinski definition) is 1. The van der Waals surface area contributed by atoms with Gasteiger partial charge < -0.3 is 15.0 Å². The largest absolute Gasteiger partial charge is 0.494 e. The van der Waals surface area contributed by atoms with Crippen molar-refractivity contribution in [1.29, 1.82) is 0 Å². The fourth-order valence-corrected chi connectivity index (χ4v) is 1.67. The second kappa shape index (κ2) is 8.95. The van der Waals surface area contributed by atoms with E-state index in [4.69, 9.17) is 4.74 Å². The molecule has 0 saturated heterocycles. The van der Waals surface area contributed by atoms with Crippen molar-refractivity contribution in [3.63, 3.8) is 0 Å². The maximum atomic E-state index is 5.70. The van der Waals surface area contributed by atoms with Gasteiger partial charge in [-0.2, -0.15) is 0 Å². The summed E-state index contributed by atoms with van der Waals surface area (Å²) in [4.78, 5) is 2.19. The molecule has 0 saturated carbocycles. The smallest absolute Gasteiger partial charge is 0.119 e. The van der Waals surface area contributed by atoms with Crippen LogP contribution in [-0.2, 0) is 0 Å². The van der Waals surface area contributed by atoms with E-state index in [-0.39, 0.29) is 0 Å². The summed E-state index contributed by atoms with van der Waals surface area (Å²) in [5, 5.41) is 3.43. The van der Waals surface area contributed by atoms with Crippen molar-refractivity contribution in [2.45, 2.75) is 19.8 Å². The number of unbranched alkanes of at least 4 members (excludes halogenated alkanes) is 1. The molecule has 0 aliphatic rings. The summed E-state index contributed by atoms with van der Waals surface area (Å²) in [6.45, 7) is 6.12.